The van der Waals surface area contributed by atoms with Crippen molar-refractivity contribution in [3.63, 3.8) is 0 Å². The van der Waals surface area contributed by atoms with E-state index in [2.05, 4.69) is 10.2 Å². The molecule has 0 unspecified atom stereocenters. The predicted molar refractivity (Wildman–Crippen MR) is 90.1 cm³/mol. The summed E-state index contributed by atoms with van der Waals surface area (Å²) in [4.78, 5) is 14.1. The highest BCUT2D eigenvalue weighted by Gasteiger charge is 2.10. The van der Waals surface area contributed by atoms with Gasteiger partial charge in [0, 0.05) is 18.3 Å². The minimum atomic E-state index is -0.416. The summed E-state index contributed by atoms with van der Waals surface area (Å²) < 4.78 is 10.6. The van der Waals surface area contributed by atoms with Gasteiger partial charge in [0.15, 0.2) is 0 Å². The third-order valence-electron chi connectivity index (χ3n) is 3.48. The van der Waals surface area contributed by atoms with Gasteiger partial charge in [0.1, 0.15) is 12.4 Å². The lowest BCUT2D eigenvalue weighted by Crippen LogP contribution is -2.33. The number of hydrogen-bond donors (Lipinski definition) is 1. The average molecular weight is 329 g/mol. The molecule has 1 saturated heterocycles. The highest BCUT2D eigenvalue weighted by Crippen LogP contribution is 2.17. The first-order valence-corrected chi connectivity index (χ1v) is 7.67. The largest absolute Gasteiger partial charge is 0.494 e. The van der Waals surface area contributed by atoms with E-state index in [9.17, 15) is 4.79 Å². The summed E-state index contributed by atoms with van der Waals surface area (Å²) in [5.74, 6) is 0.739. The van der Waals surface area contributed by atoms with Gasteiger partial charge in [-0.1, -0.05) is 12.5 Å². The van der Waals surface area contributed by atoms with Crippen molar-refractivity contribution in [3.05, 3.63) is 24.3 Å². The standard InChI is InChI=1S/C16H24N2O3.ClH/c1-2-20-15-8-6-7-14(13-15)17-16(19)21-12-11-18-9-4-3-5-10-18;/h6-8,13H,2-5,9-12H2,1H3,(H,17,19);1H. The van der Waals surface area contributed by atoms with Crippen molar-refractivity contribution in [1.29, 1.82) is 0 Å². The van der Waals surface area contributed by atoms with Crippen LogP contribution >= 0.6 is 12.4 Å². The lowest BCUT2D eigenvalue weighted by molar-refractivity contribution is 0.131. The highest BCUT2D eigenvalue weighted by molar-refractivity contribution is 5.85. The molecule has 1 aromatic rings. The smallest absolute Gasteiger partial charge is 0.411 e. The lowest BCUT2D eigenvalue weighted by Gasteiger charge is -2.25. The summed E-state index contributed by atoms with van der Waals surface area (Å²) in [5.41, 5.74) is 0.684. The summed E-state index contributed by atoms with van der Waals surface area (Å²) in [7, 11) is 0. The van der Waals surface area contributed by atoms with E-state index in [0.29, 0.717) is 18.9 Å². The summed E-state index contributed by atoms with van der Waals surface area (Å²) in [6, 6.07) is 7.30. The monoisotopic (exact) mass is 328 g/mol. The van der Waals surface area contributed by atoms with Crippen LogP contribution in [0.25, 0.3) is 0 Å². The van der Waals surface area contributed by atoms with Gasteiger partial charge in [-0.2, -0.15) is 0 Å². The van der Waals surface area contributed by atoms with Crippen molar-refractivity contribution < 1.29 is 14.3 Å². The van der Waals surface area contributed by atoms with Crippen LogP contribution < -0.4 is 10.1 Å². The quantitative estimate of drug-likeness (QED) is 0.867. The van der Waals surface area contributed by atoms with E-state index < -0.39 is 6.09 Å². The Morgan fingerprint density at radius 3 is 2.77 bits per heavy atom. The summed E-state index contributed by atoms with van der Waals surface area (Å²) in [6.45, 7) is 5.99. The second-order valence-electron chi connectivity index (χ2n) is 5.12. The topological polar surface area (TPSA) is 50.8 Å². The number of nitrogens with one attached hydrogen (secondary N) is 1. The van der Waals surface area contributed by atoms with Gasteiger partial charge in [-0.05, 0) is 45.0 Å². The zero-order valence-electron chi connectivity index (χ0n) is 13.0. The van der Waals surface area contributed by atoms with E-state index in [4.69, 9.17) is 9.47 Å². The van der Waals surface area contributed by atoms with Gasteiger partial charge >= 0.3 is 6.09 Å². The van der Waals surface area contributed by atoms with Crippen molar-refractivity contribution >= 4 is 24.2 Å². The number of nitrogens with zero attached hydrogens (tertiary/aromatic N) is 1. The van der Waals surface area contributed by atoms with Crippen LogP contribution in [-0.4, -0.2) is 43.8 Å². The molecule has 0 spiro atoms. The summed E-state index contributed by atoms with van der Waals surface area (Å²) in [5, 5.41) is 2.72. The fourth-order valence-electron chi connectivity index (χ4n) is 2.43. The fraction of sp³-hybridized carbons (Fsp3) is 0.562. The highest BCUT2D eigenvalue weighted by atomic mass is 35.5. The Morgan fingerprint density at radius 2 is 2.05 bits per heavy atom. The second kappa shape index (κ2) is 10.3. The molecule has 1 aromatic carbocycles. The molecule has 1 amide bonds. The van der Waals surface area contributed by atoms with Crippen LogP contribution in [0.2, 0.25) is 0 Å². The van der Waals surface area contributed by atoms with Crippen molar-refractivity contribution in [2.75, 3.05) is 38.2 Å². The molecule has 0 bridgehead atoms. The van der Waals surface area contributed by atoms with Gasteiger partial charge in [0.25, 0.3) is 0 Å². The molecule has 6 heteroatoms. The Balaban J connectivity index is 0.00000242. The molecule has 1 heterocycles. The van der Waals surface area contributed by atoms with Gasteiger partial charge in [-0.3, -0.25) is 10.2 Å². The molecule has 0 radical (unpaired) electrons. The number of halogens is 1. The molecule has 1 N–H and O–H groups in total. The molecule has 1 aliphatic rings. The second-order valence-corrected chi connectivity index (χ2v) is 5.12. The van der Waals surface area contributed by atoms with E-state index in [-0.39, 0.29) is 12.4 Å². The van der Waals surface area contributed by atoms with Crippen LogP contribution in [0, 0.1) is 0 Å². The number of carbonyl (C=O) groups is 1. The average Bonchev–Trinajstić information content (AvgIpc) is 2.49. The Labute approximate surface area is 138 Å². The minimum absolute atomic E-state index is 0. The molecule has 1 fully saturated rings. The van der Waals surface area contributed by atoms with Crippen LogP contribution in [0.1, 0.15) is 26.2 Å². The Hall–Kier alpha value is -1.46. The van der Waals surface area contributed by atoms with Gasteiger partial charge < -0.3 is 9.47 Å². The maximum absolute atomic E-state index is 11.7. The van der Waals surface area contributed by atoms with Crippen molar-refractivity contribution in [2.24, 2.45) is 0 Å². The molecular formula is C16H25ClN2O3. The zero-order valence-corrected chi connectivity index (χ0v) is 13.9. The first-order valence-electron chi connectivity index (χ1n) is 7.67. The SMILES string of the molecule is CCOc1cccc(NC(=O)OCCN2CCCCC2)c1.Cl. The predicted octanol–water partition coefficient (Wildman–Crippen LogP) is 3.54. The number of carbonyl (C=O) groups excluding carboxylic acids is 1. The number of rotatable bonds is 6. The summed E-state index contributed by atoms with van der Waals surface area (Å²) >= 11 is 0. The van der Waals surface area contributed by atoms with Crippen molar-refractivity contribution in [1.82, 2.24) is 4.90 Å². The number of ether oxygens (including phenoxy) is 2. The van der Waals surface area contributed by atoms with Crippen LogP contribution in [0.4, 0.5) is 10.5 Å². The lowest BCUT2D eigenvalue weighted by atomic mass is 10.1. The van der Waals surface area contributed by atoms with Gasteiger partial charge in [-0.15, -0.1) is 12.4 Å². The molecule has 0 saturated carbocycles. The molecule has 0 atom stereocenters. The molecule has 1 aliphatic heterocycles. The Kier molecular flexibility index (Phi) is 8.70. The molecule has 0 aliphatic carbocycles. The van der Waals surface area contributed by atoms with Crippen LogP contribution in [0.3, 0.4) is 0 Å². The summed E-state index contributed by atoms with van der Waals surface area (Å²) in [6.07, 6.45) is 3.39. The molecule has 22 heavy (non-hydrogen) atoms. The zero-order chi connectivity index (χ0) is 14.9. The number of amides is 1. The normalized spacial score (nSPS) is 14.8. The maximum atomic E-state index is 11.7. The van der Waals surface area contributed by atoms with Gasteiger partial charge in [0.05, 0.1) is 6.61 Å². The molecular weight excluding hydrogens is 304 g/mol. The van der Waals surface area contributed by atoms with Crippen LogP contribution in [0.5, 0.6) is 5.75 Å². The van der Waals surface area contributed by atoms with E-state index >= 15 is 0 Å². The van der Waals surface area contributed by atoms with Gasteiger partial charge in [-0.25, -0.2) is 4.79 Å². The number of piperidine rings is 1. The third-order valence-corrected chi connectivity index (χ3v) is 3.48. The fourth-order valence-corrected chi connectivity index (χ4v) is 2.43. The van der Waals surface area contributed by atoms with Crippen molar-refractivity contribution in [2.45, 2.75) is 26.2 Å². The number of hydrogen-bond acceptors (Lipinski definition) is 4. The van der Waals surface area contributed by atoms with Gasteiger partial charge in [0.2, 0.25) is 0 Å². The first-order chi connectivity index (χ1) is 10.3. The molecule has 2 rings (SSSR count). The third kappa shape index (κ3) is 6.54. The van der Waals surface area contributed by atoms with E-state index in [1.807, 2.05) is 25.1 Å². The van der Waals surface area contributed by atoms with Crippen LogP contribution in [-0.2, 0) is 4.74 Å². The number of likely N-dealkylation sites (tertiary alicyclic amines) is 1. The Bertz CT molecular complexity index is 451. The number of benzene rings is 1. The van der Waals surface area contributed by atoms with E-state index in [1.54, 1.807) is 6.07 Å². The maximum Gasteiger partial charge on any atom is 0.411 e. The number of anilines is 1. The van der Waals surface area contributed by atoms with Crippen molar-refractivity contribution in [3.8, 4) is 5.75 Å². The molecule has 5 nitrogen and oxygen atoms in total. The van der Waals surface area contributed by atoms with E-state index in [1.165, 1.54) is 19.3 Å². The molecule has 0 aromatic heterocycles. The van der Waals surface area contributed by atoms with Crippen LogP contribution in [0.15, 0.2) is 24.3 Å². The first kappa shape index (κ1) is 18.6. The molecule has 124 valence electrons. The Morgan fingerprint density at radius 1 is 1.27 bits per heavy atom. The minimum Gasteiger partial charge on any atom is -0.494 e. The van der Waals surface area contributed by atoms with E-state index in [0.717, 1.165) is 25.4 Å².